The van der Waals surface area contributed by atoms with E-state index in [4.69, 9.17) is 10.5 Å². The second-order valence-electron chi connectivity index (χ2n) is 5.95. The molecule has 0 aliphatic carbocycles. The van der Waals surface area contributed by atoms with Gasteiger partial charge in [-0.1, -0.05) is 0 Å². The number of pyridine rings is 1. The van der Waals surface area contributed by atoms with Crippen LogP contribution in [0.3, 0.4) is 0 Å². The van der Waals surface area contributed by atoms with Crippen LogP contribution >= 0.6 is 0 Å². The van der Waals surface area contributed by atoms with Crippen LogP contribution in [-0.2, 0) is 4.74 Å². The van der Waals surface area contributed by atoms with Crippen molar-refractivity contribution in [2.45, 2.75) is 20.3 Å². The Morgan fingerprint density at radius 3 is 2.78 bits per heavy atom. The summed E-state index contributed by atoms with van der Waals surface area (Å²) >= 11 is 0. The van der Waals surface area contributed by atoms with Crippen molar-refractivity contribution in [2.75, 3.05) is 50.4 Å². The van der Waals surface area contributed by atoms with Gasteiger partial charge in [0.15, 0.2) is 5.65 Å². The van der Waals surface area contributed by atoms with Gasteiger partial charge in [-0.25, -0.2) is 4.98 Å². The number of hydrogen-bond acceptors (Lipinski definition) is 7. The molecular formula is C16H24N6O. The summed E-state index contributed by atoms with van der Waals surface area (Å²) in [6.07, 6.45) is 1.03. The average molecular weight is 316 g/mol. The van der Waals surface area contributed by atoms with E-state index in [-0.39, 0.29) is 0 Å². The number of nitrogens with zero attached hydrogens (tertiary/aromatic N) is 4. The van der Waals surface area contributed by atoms with Gasteiger partial charge in [-0.15, -0.1) is 0 Å². The van der Waals surface area contributed by atoms with Gasteiger partial charge in [-0.3, -0.25) is 4.90 Å². The molecule has 3 N–H and O–H groups in total. The number of hydrogen-bond donors (Lipinski definition) is 2. The number of nitrogen functional groups attached to an aromatic ring is 1. The lowest BCUT2D eigenvalue weighted by Gasteiger charge is -2.26. The highest BCUT2D eigenvalue weighted by molar-refractivity contribution is 5.89. The fourth-order valence-corrected chi connectivity index (χ4v) is 2.92. The van der Waals surface area contributed by atoms with Crippen molar-refractivity contribution in [3.05, 3.63) is 17.3 Å². The first-order valence-electron chi connectivity index (χ1n) is 8.09. The molecule has 124 valence electrons. The molecular weight excluding hydrogens is 292 g/mol. The van der Waals surface area contributed by atoms with E-state index >= 15 is 0 Å². The third-order valence-electron chi connectivity index (χ3n) is 4.06. The molecule has 0 amide bonds. The fourth-order valence-electron chi connectivity index (χ4n) is 2.92. The second kappa shape index (κ2) is 7.06. The molecule has 2 aromatic heterocycles. The monoisotopic (exact) mass is 316 g/mol. The Kier molecular flexibility index (Phi) is 4.88. The van der Waals surface area contributed by atoms with Crippen LogP contribution in [0.25, 0.3) is 11.0 Å². The average Bonchev–Trinajstić information content (AvgIpc) is 2.51. The minimum Gasteiger partial charge on any atom is -0.383 e. The Morgan fingerprint density at radius 2 is 2.00 bits per heavy atom. The summed E-state index contributed by atoms with van der Waals surface area (Å²) in [6.45, 7) is 9.53. The van der Waals surface area contributed by atoms with Gasteiger partial charge in [0.05, 0.1) is 18.6 Å². The molecule has 0 aromatic carbocycles. The highest BCUT2D eigenvalue weighted by atomic mass is 16.5. The number of aromatic nitrogens is 3. The quantitative estimate of drug-likeness (QED) is 0.805. The maximum atomic E-state index is 6.08. The third-order valence-corrected chi connectivity index (χ3v) is 4.06. The first-order valence-corrected chi connectivity index (χ1v) is 8.09. The summed E-state index contributed by atoms with van der Waals surface area (Å²) in [6, 6.07) is 2.00. The Hall–Kier alpha value is -1.99. The van der Waals surface area contributed by atoms with E-state index in [1.54, 1.807) is 0 Å². The molecule has 1 aliphatic heterocycles. The number of nitrogens with one attached hydrogen (secondary N) is 1. The van der Waals surface area contributed by atoms with E-state index in [9.17, 15) is 0 Å². The molecule has 0 unspecified atom stereocenters. The number of morpholine rings is 1. The van der Waals surface area contributed by atoms with Gasteiger partial charge in [0, 0.05) is 25.3 Å². The highest BCUT2D eigenvalue weighted by Gasteiger charge is 2.11. The lowest BCUT2D eigenvalue weighted by molar-refractivity contribution is 0.0378. The molecule has 0 bridgehead atoms. The second-order valence-corrected chi connectivity index (χ2v) is 5.95. The molecule has 0 saturated carbocycles. The van der Waals surface area contributed by atoms with Crippen molar-refractivity contribution in [1.82, 2.24) is 19.9 Å². The number of anilines is 2. The summed E-state index contributed by atoms with van der Waals surface area (Å²) in [5.74, 6) is 1.03. The summed E-state index contributed by atoms with van der Waals surface area (Å²) in [5.41, 5.74) is 8.73. The van der Waals surface area contributed by atoms with Gasteiger partial charge in [0.25, 0.3) is 0 Å². The van der Waals surface area contributed by atoms with E-state index in [0.717, 1.165) is 62.5 Å². The lowest BCUT2D eigenvalue weighted by Crippen LogP contribution is -2.37. The molecule has 1 fully saturated rings. The number of nitrogens with two attached hydrogens (primary N) is 1. The zero-order valence-electron chi connectivity index (χ0n) is 13.8. The van der Waals surface area contributed by atoms with Gasteiger partial charge < -0.3 is 15.8 Å². The molecule has 0 atom stereocenters. The maximum Gasteiger partial charge on any atom is 0.226 e. The predicted octanol–water partition coefficient (Wildman–Crippen LogP) is 1.36. The fraction of sp³-hybridized carbons (Fsp3) is 0.562. The third kappa shape index (κ3) is 3.86. The summed E-state index contributed by atoms with van der Waals surface area (Å²) < 4.78 is 5.35. The van der Waals surface area contributed by atoms with Crippen molar-refractivity contribution in [2.24, 2.45) is 0 Å². The zero-order valence-corrected chi connectivity index (χ0v) is 13.8. The Morgan fingerprint density at radius 1 is 1.22 bits per heavy atom. The van der Waals surface area contributed by atoms with Gasteiger partial charge in [0.2, 0.25) is 5.95 Å². The summed E-state index contributed by atoms with van der Waals surface area (Å²) in [4.78, 5) is 15.7. The minimum absolute atomic E-state index is 0.482. The number of aryl methyl sites for hydroxylation is 2. The Labute approximate surface area is 136 Å². The van der Waals surface area contributed by atoms with Gasteiger partial charge in [-0.05, 0) is 38.4 Å². The first-order chi connectivity index (χ1) is 11.1. The van der Waals surface area contributed by atoms with E-state index in [0.29, 0.717) is 17.4 Å². The van der Waals surface area contributed by atoms with Crippen LogP contribution < -0.4 is 11.1 Å². The van der Waals surface area contributed by atoms with Crippen LogP contribution in [0, 0.1) is 13.8 Å². The van der Waals surface area contributed by atoms with Crippen molar-refractivity contribution in [3.8, 4) is 0 Å². The van der Waals surface area contributed by atoms with Crippen LogP contribution in [0.15, 0.2) is 6.07 Å². The van der Waals surface area contributed by atoms with Crippen LogP contribution in [0.4, 0.5) is 11.8 Å². The highest BCUT2D eigenvalue weighted by Crippen LogP contribution is 2.22. The largest absolute Gasteiger partial charge is 0.383 e. The number of fused-ring (bicyclic) bond motifs is 1. The van der Waals surface area contributed by atoms with Crippen molar-refractivity contribution < 1.29 is 4.74 Å². The maximum absolute atomic E-state index is 6.08. The van der Waals surface area contributed by atoms with E-state index in [2.05, 4.69) is 25.2 Å². The molecule has 7 heteroatoms. The zero-order chi connectivity index (χ0) is 16.2. The number of rotatable bonds is 5. The first kappa shape index (κ1) is 15.9. The molecule has 23 heavy (non-hydrogen) atoms. The van der Waals surface area contributed by atoms with Crippen LogP contribution in [0.2, 0.25) is 0 Å². The van der Waals surface area contributed by atoms with Crippen LogP contribution in [-0.4, -0.2) is 59.2 Å². The smallest absolute Gasteiger partial charge is 0.226 e. The van der Waals surface area contributed by atoms with Crippen molar-refractivity contribution in [1.29, 1.82) is 0 Å². The molecule has 2 aromatic rings. The molecule has 1 saturated heterocycles. The van der Waals surface area contributed by atoms with Crippen LogP contribution in [0.1, 0.15) is 17.7 Å². The summed E-state index contributed by atoms with van der Waals surface area (Å²) in [7, 11) is 0. The minimum atomic E-state index is 0.482. The number of ether oxygens (including phenoxy) is 1. The van der Waals surface area contributed by atoms with E-state index < -0.39 is 0 Å². The Bertz CT molecular complexity index is 684. The molecule has 0 spiro atoms. The topological polar surface area (TPSA) is 89.2 Å². The predicted molar refractivity (Wildman–Crippen MR) is 91.6 cm³/mol. The van der Waals surface area contributed by atoms with Crippen molar-refractivity contribution in [3.63, 3.8) is 0 Å². The molecule has 3 rings (SSSR count). The SMILES string of the molecule is Cc1cc(C)c2c(N)nc(NCCCN3CCOCC3)nc2n1. The van der Waals surface area contributed by atoms with E-state index in [1.165, 1.54) is 0 Å². The molecule has 1 aliphatic rings. The molecule has 7 nitrogen and oxygen atoms in total. The van der Waals surface area contributed by atoms with Gasteiger partial charge in [-0.2, -0.15) is 9.97 Å². The normalized spacial score (nSPS) is 15.9. The molecule has 0 radical (unpaired) electrons. The van der Waals surface area contributed by atoms with E-state index in [1.807, 2.05) is 19.9 Å². The van der Waals surface area contributed by atoms with Crippen LogP contribution in [0.5, 0.6) is 0 Å². The standard InChI is InChI=1S/C16H24N6O/c1-11-10-12(2)19-15-13(11)14(17)20-16(21-15)18-4-3-5-22-6-8-23-9-7-22/h10H,3-9H2,1-2H3,(H3,17,18,19,20,21). The van der Waals surface area contributed by atoms with Gasteiger partial charge >= 0.3 is 0 Å². The Balaban J connectivity index is 1.61. The lowest BCUT2D eigenvalue weighted by atomic mass is 10.1. The van der Waals surface area contributed by atoms with Crippen molar-refractivity contribution >= 4 is 22.8 Å². The molecule has 3 heterocycles. The summed E-state index contributed by atoms with van der Waals surface area (Å²) in [5, 5.41) is 4.10. The van der Waals surface area contributed by atoms with Gasteiger partial charge in [0.1, 0.15) is 5.82 Å².